The molecule has 1 heterocycles. The molecule has 0 spiro atoms. The van der Waals surface area contributed by atoms with Crippen molar-refractivity contribution in [3.63, 3.8) is 0 Å². The minimum absolute atomic E-state index is 0.0936. The van der Waals surface area contributed by atoms with E-state index in [9.17, 15) is 10.1 Å². The Morgan fingerprint density at radius 3 is 3.12 bits per heavy atom. The quantitative estimate of drug-likeness (QED) is 0.597. The average Bonchev–Trinajstić information content (AvgIpc) is 2.39. The van der Waals surface area contributed by atoms with E-state index in [-0.39, 0.29) is 6.10 Å². The summed E-state index contributed by atoms with van der Waals surface area (Å²) in [6.07, 6.45) is 11.1. The Bertz CT molecular complexity index is 507. The second-order valence-corrected chi connectivity index (χ2v) is 4.72. The van der Waals surface area contributed by atoms with Crippen molar-refractivity contribution >= 4 is 5.97 Å². The molecule has 2 unspecified atom stereocenters. The van der Waals surface area contributed by atoms with E-state index in [0.29, 0.717) is 0 Å². The lowest BCUT2D eigenvalue weighted by atomic mass is 9.71. The van der Waals surface area contributed by atoms with E-state index < -0.39 is 11.4 Å². The lowest BCUT2D eigenvalue weighted by Gasteiger charge is -2.38. The first-order chi connectivity index (χ1) is 8.28. The molecule has 2 aliphatic carbocycles. The number of rotatable bonds is 0. The van der Waals surface area contributed by atoms with Crippen molar-refractivity contribution in [2.75, 3.05) is 0 Å². The summed E-state index contributed by atoms with van der Waals surface area (Å²) in [6.45, 7) is 0. The molecule has 1 aliphatic heterocycles. The number of esters is 1. The van der Waals surface area contributed by atoms with Crippen LogP contribution >= 0.6 is 0 Å². The summed E-state index contributed by atoms with van der Waals surface area (Å²) >= 11 is 0. The van der Waals surface area contributed by atoms with Crippen LogP contribution in [0.5, 0.6) is 0 Å². The number of ether oxygens (including phenoxy) is 1. The normalized spacial score (nSPS) is 34.8. The van der Waals surface area contributed by atoms with Crippen LogP contribution in [0.2, 0.25) is 0 Å². The predicted octanol–water partition coefficient (Wildman–Crippen LogP) is 2.42. The van der Waals surface area contributed by atoms with Crippen LogP contribution in [-0.4, -0.2) is 12.1 Å². The molecule has 86 valence electrons. The highest BCUT2D eigenvalue weighted by Gasteiger charge is 2.49. The van der Waals surface area contributed by atoms with Gasteiger partial charge < -0.3 is 4.74 Å². The Morgan fingerprint density at radius 2 is 2.29 bits per heavy atom. The molecule has 0 amide bonds. The lowest BCUT2D eigenvalue weighted by Crippen LogP contribution is -2.42. The molecule has 3 heteroatoms. The van der Waals surface area contributed by atoms with E-state index in [4.69, 9.17) is 4.74 Å². The summed E-state index contributed by atoms with van der Waals surface area (Å²) in [5.74, 6) is -0.411. The van der Waals surface area contributed by atoms with Gasteiger partial charge in [-0.15, -0.1) is 0 Å². The third-order valence-electron chi connectivity index (χ3n) is 3.79. The van der Waals surface area contributed by atoms with Gasteiger partial charge in [-0.05, 0) is 42.9 Å². The fourth-order valence-corrected chi connectivity index (χ4v) is 2.90. The van der Waals surface area contributed by atoms with Crippen molar-refractivity contribution in [2.24, 2.45) is 5.41 Å². The minimum Gasteiger partial charge on any atom is -0.456 e. The van der Waals surface area contributed by atoms with Gasteiger partial charge in [0.1, 0.15) is 6.10 Å². The second-order valence-electron chi connectivity index (χ2n) is 4.72. The van der Waals surface area contributed by atoms with Gasteiger partial charge in [-0.25, -0.2) is 4.79 Å². The van der Waals surface area contributed by atoms with Crippen molar-refractivity contribution in [1.29, 1.82) is 5.26 Å². The number of carbonyl (C=O) groups excluding carboxylic acids is 1. The average molecular weight is 227 g/mol. The van der Waals surface area contributed by atoms with Gasteiger partial charge in [0, 0.05) is 0 Å². The maximum absolute atomic E-state index is 12.1. The Labute approximate surface area is 100 Å². The van der Waals surface area contributed by atoms with Gasteiger partial charge in [0.2, 0.25) is 0 Å². The predicted molar refractivity (Wildman–Crippen MR) is 61.7 cm³/mol. The SMILES string of the molecule is N#CC12C=CC=CC1=C1CCCCC1OC2=O. The second kappa shape index (κ2) is 3.59. The molecule has 0 radical (unpaired) electrons. The molecule has 0 aromatic rings. The molecule has 0 N–H and O–H groups in total. The highest BCUT2D eigenvalue weighted by atomic mass is 16.5. The van der Waals surface area contributed by atoms with Crippen molar-refractivity contribution in [1.82, 2.24) is 0 Å². The van der Waals surface area contributed by atoms with Crippen LogP contribution in [0.15, 0.2) is 35.5 Å². The largest absolute Gasteiger partial charge is 0.456 e. The summed E-state index contributed by atoms with van der Waals surface area (Å²) in [4.78, 5) is 12.1. The van der Waals surface area contributed by atoms with Crippen LogP contribution < -0.4 is 0 Å². The zero-order valence-electron chi connectivity index (χ0n) is 9.48. The molecule has 0 saturated heterocycles. The summed E-state index contributed by atoms with van der Waals surface area (Å²) in [7, 11) is 0. The summed E-state index contributed by atoms with van der Waals surface area (Å²) < 4.78 is 5.45. The number of hydrogen-bond donors (Lipinski definition) is 0. The molecule has 3 nitrogen and oxygen atoms in total. The monoisotopic (exact) mass is 227 g/mol. The number of hydrogen-bond acceptors (Lipinski definition) is 3. The molecular formula is C14H13NO2. The van der Waals surface area contributed by atoms with Gasteiger partial charge >= 0.3 is 5.97 Å². The fourth-order valence-electron chi connectivity index (χ4n) is 2.90. The number of fused-ring (bicyclic) bond motifs is 2. The van der Waals surface area contributed by atoms with Crippen molar-refractivity contribution in [3.8, 4) is 6.07 Å². The number of nitrogens with zero attached hydrogens (tertiary/aromatic N) is 1. The third-order valence-corrected chi connectivity index (χ3v) is 3.79. The van der Waals surface area contributed by atoms with Crippen molar-refractivity contribution in [3.05, 3.63) is 35.5 Å². The van der Waals surface area contributed by atoms with Crippen LogP contribution in [-0.2, 0) is 9.53 Å². The summed E-state index contributed by atoms with van der Waals surface area (Å²) in [5.41, 5.74) is 0.833. The van der Waals surface area contributed by atoms with Crippen LogP contribution in [0.4, 0.5) is 0 Å². The van der Waals surface area contributed by atoms with E-state index in [1.165, 1.54) is 0 Å². The van der Waals surface area contributed by atoms with Crippen molar-refractivity contribution in [2.45, 2.75) is 31.8 Å². The first-order valence-electron chi connectivity index (χ1n) is 6.00. The third kappa shape index (κ3) is 1.30. The molecule has 0 aromatic heterocycles. The highest BCUT2D eigenvalue weighted by molar-refractivity contribution is 5.90. The van der Waals surface area contributed by atoms with E-state index in [2.05, 4.69) is 6.07 Å². The standard InChI is InChI=1S/C14H13NO2/c15-9-14-8-4-3-6-11(14)10-5-1-2-7-12(10)17-13(14)16/h3-4,6,8,12H,1-2,5,7H2. The zero-order valence-corrected chi connectivity index (χ0v) is 9.48. The van der Waals surface area contributed by atoms with Gasteiger partial charge in [-0.1, -0.05) is 18.2 Å². The topological polar surface area (TPSA) is 50.1 Å². The van der Waals surface area contributed by atoms with Gasteiger partial charge in [0.25, 0.3) is 0 Å². The molecule has 3 rings (SSSR count). The number of carbonyl (C=O) groups is 1. The Hall–Kier alpha value is -1.82. The Morgan fingerprint density at radius 1 is 1.41 bits per heavy atom. The molecule has 1 saturated carbocycles. The van der Waals surface area contributed by atoms with Crippen LogP contribution in [0.3, 0.4) is 0 Å². The Balaban J connectivity index is 2.20. The lowest BCUT2D eigenvalue weighted by molar-refractivity contribution is -0.155. The molecule has 0 aromatic carbocycles. The van der Waals surface area contributed by atoms with Gasteiger partial charge in [-0.2, -0.15) is 5.26 Å². The first-order valence-corrected chi connectivity index (χ1v) is 6.00. The molecule has 17 heavy (non-hydrogen) atoms. The van der Waals surface area contributed by atoms with E-state index in [1.807, 2.05) is 12.2 Å². The number of allylic oxidation sites excluding steroid dienone is 3. The fraction of sp³-hybridized carbons (Fsp3) is 0.429. The van der Waals surface area contributed by atoms with E-state index in [1.54, 1.807) is 12.2 Å². The molecular weight excluding hydrogens is 214 g/mol. The van der Waals surface area contributed by atoms with Crippen LogP contribution in [0.25, 0.3) is 0 Å². The van der Waals surface area contributed by atoms with Crippen LogP contribution in [0, 0.1) is 16.7 Å². The zero-order chi connectivity index (χ0) is 11.9. The number of nitriles is 1. The van der Waals surface area contributed by atoms with E-state index in [0.717, 1.165) is 36.8 Å². The minimum atomic E-state index is -1.18. The molecule has 2 atom stereocenters. The molecule has 1 fully saturated rings. The van der Waals surface area contributed by atoms with Crippen LogP contribution in [0.1, 0.15) is 25.7 Å². The first kappa shape index (κ1) is 10.3. The molecule has 3 aliphatic rings. The van der Waals surface area contributed by atoms with Gasteiger partial charge in [0.15, 0.2) is 5.41 Å². The van der Waals surface area contributed by atoms with Gasteiger partial charge in [0.05, 0.1) is 6.07 Å². The smallest absolute Gasteiger partial charge is 0.335 e. The van der Waals surface area contributed by atoms with Gasteiger partial charge in [-0.3, -0.25) is 0 Å². The summed E-state index contributed by atoms with van der Waals surface area (Å²) in [5, 5.41) is 9.37. The Kier molecular flexibility index (Phi) is 2.19. The van der Waals surface area contributed by atoms with Crippen molar-refractivity contribution < 1.29 is 9.53 Å². The highest BCUT2D eigenvalue weighted by Crippen LogP contribution is 2.45. The maximum atomic E-state index is 12.1. The van der Waals surface area contributed by atoms with E-state index >= 15 is 0 Å². The maximum Gasteiger partial charge on any atom is 0.335 e. The molecule has 0 bridgehead atoms. The summed E-state index contributed by atoms with van der Waals surface area (Å²) in [6, 6.07) is 2.13.